The van der Waals surface area contributed by atoms with E-state index in [2.05, 4.69) is 4.98 Å². The Morgan fingerprint density at radius 3 is 2.43 bits per heavy atom. The van der Waals surface area contributed by atoms with Gasteiger partial charge in [0.15, 0.2) is 17.4 Å². The van der Waals surface area contributed by atoms with Gasteiger partial charge in [0.25, 0.3) is 5.56 Å². The third-order valence-corrected chi connectivity index (χ3v) is 4.20. The fourth-order valence-corrected chi connectivity index (χ4v) is 2.85. The Morgan fingerprint density at radius 2 is 1.78 bits per heavy atom. The fraction of sp³-hybridized carbons (Fsp3) is 0.615. The monoisotopic (exact) mass is 326 g/mol. The SMILES string of the molecule is Cc1nc2c(c(=O)n(C)c(=O)n2C)n1[C@@H]1OC[C@@H](O)[C@@H](O)[C@H]1O. The number of aryl methyl sites for hydroxylation is 2. The number of aliphatic hydroxyl groups excluding tert-OH is 3. The lowest BCUT2D eigenvalue weighted by Crippen LogP contribution is -2.51. The van der Waals surface area contributed by atoms with E-state index in [0.717, 1.165) is 4.57 Å². The molecule has 0 saturated carbocycles. The zero-order valence-electron chi connectivity index (χ0n) is 12.9. The van der Waals surface area contributed by atoms with Gasteiger partial charge >= 0.3 is 5.69 Å². The largest absolute Gasteiger partial charge is 0.388 e. The first-order chi connectivity index (χ1) is 10.8. The summed E-state index contributed by atoms with van der Waals surface area (Å²) in [6.45, 7) is 1.39. The average molecular weight is 326 g/mol. The van der Waals surface area contributed by atoms with Gasteiger partial charge in [-0.05, 0) is 6.92 Å². The number of aliphatic hydroxyl groups is 3. The topological polar surface area (TPSA) is 132 Å². The van der Waals surface area contributed by atoms with Crippen LogP contribution in [-0.4, -0.2) is 58.9 Å². The maximum Gasteiger partial charge on any atom is 0.332 e. The van der Waals surface area contributed by atoms with Crippen LogP contribution in [0.25, 0.3) is 11.2 Å². The predicted octanol–water partition coefficient (Wildman–Crippen LogP) is -2.65. The van der Waals surface area contributed by atoms with Crippen LogP contribution in [0.4, 0.5) is 0 Å². The van der Waals surface area contributed by atoms with Crippen LogP contribution in [0.1, 0.15) is 12.1 Å². The van der Waals surface area contributed by atoms with Gasteiger partial charge in [-0.25, -0.2) is 9.78 Å². The van der Waals surface area contributed by atoms with Crippen molar-refractivity contribution >= 4 is 11.2 Å². The minimum Gasteiger partial charge on any atom is -0.388 e. The molecule has 23 heavy (non-hydrogen) atoms. The fourth-order valence-electron chi connectivity index (χ4n) is 2.85. The van der Waals surface area contributed by atoms with Crippen molar-refractivity contribution in [2.45, 2.75) is 31.5 Å². The molecule has 10 heteroatoms. The van der Waals surface area contributed by atoms with Crippen molar-refractivity contribution in [3.05, 3.63) is 26.7 Å². The summed E-state index contributed by atoms with van der Waals surface area (Å²) < 4.78 is 8.90. The van der Waals surface area contributed by atoms with Crippen molar-refractivity contribution in [1.82, 2.24) is 18.7 Å². The molecule has 0 bridgehead atoms. The highest BCUT2D eigenvalue weighted by molar-refractivity contribution is 5.71. The minimum absolute atomic E-state index is 0.0831. The van der Waals surface area contributed by atoms with Crippen molar-refractivity contribution in [2.24, 2.45) is 14.1 Å². The molecule has 126 valence electrons. The Labute approximate surface area is 129 Å². The lowest BCUT2D eigenvalue weighted by atomic mass is 10.0. The van der Waals surface area contributed by atoms with E-state index in [9.17, 15) is 24.9 Å². The molecule has 1 aliphatic heterocycles. The first kappa shape index (κ1) is 15.9. The summed E-state index contributed by atoms with van der Waals surface area (Å²) >= 11 is 0. The second-order valence-electron chi connectivity index (χ2n) is 5.68. The van der Waals surface area contributed by atoms with Crippen molar-refractivity contribution in [3.63, 3.8) is 0 Å². The smallest absolute Gasteiger partial charge is 0.332 e. The molecule has 2 aromatic heterocycles. The highest BCUT2D eigenvalue weighted by atomic mass is 16.5. The second kappa shape index (κ2) is 5.27. The van der Waals surface area contributed by atoms with Gasteiger partial charge in [0.2, 0.25) is 0 Å². The number of aromatic nitrogens is 4. The Kier molecular flexibility index (Phi) is 3.64. The molecule has 0 radical (unpaired) electrons. The summed E-state index contributed by atoms with van der Waals surface area (Å²) in [6.07, 6.45) is -5.18. The highest BCUT2D eigenvalue weighted by Gasteiger charge is 2.40. The molecule has 0 aliphatic carbocycles. The quantitative estimate of drug-likeness (QED) is 0.521. The molecule has 1 aliphatic rings. The summed E-state index contributed by atoms with van der Waals surface area (Å²) in [7, 11) is 2.82. The van der Waals surface area contributed by atoms with Crippen LogP contribution in [0.3, 0.4) is 0 Å². The summed E-state index contributed by atoms with van der Waals surface area (Å²) in [5, 5.41) is 29.6. The maximum absolute atomic E-state index is 12.5. The first-order valence-corrected chi connectivity index (χ1v) is 7.06. The number of imidazole rings is 1. The van der Waals surface area contributed by atoms with Crippen LogP contribution in [0.5, 0.6) is 0 Å². The third-order valence-electron chi connectivity index (χ3n) is 4.20. The molecule has 0 unspecified atom stereocenters. The summed E-state index contributed by atoms with van der Waals surface area (Å²) in [5.74, 6) is 0.339. The molecule has 1 saturated heterocycles. The highest BCUT2D eigenvalue weighted by Crippen LogP contribution is 2.27. The van der Waals surface area contributed by atoms with E-state index in [4.69, 9.17) is 4.74 Å². The van der Waals surface area contributed by atoms with Crippen molar-refractivity contribution in [3.8, 4) is 0 Å². The summed E-state index contributed by atoms with van der Waals surface area (Å²) in [6, 6.07) is 0. The van der Waals surface area contributed by atoms with Gasteiger partial charge in [0.1, 0.15) is 24.1 Å². The number of hydrogen-bond donors (Lipinski definition) is 3. The molecule has 4 atom stereocenters. The van der Waals surface area contributed by atoms with Gasteiger partial charge in [0, 0.05) is 14.1 Å². The standard InChI is InChI=1S/C13H18N4O6/c1-5-14-10-7(11(21)16(3)13(22)15(10)2)17(5)12-9(20)8(19)6(18)4-23-12/h6,8-9,12,18-20H,4H2,1-3H3/t6-,8-,9-,12-/m1/s1. The van der Waals surface area contributed by atoms with Crippen LogP contribution < -0.4 is 11.2 Å². The lowest BCUT2D eigenvalue weighted by Gasteiger charge is -2.36. The Hall–Kier alpha value is -2.01. The molecular formula is C13H18N4O6. The van der Waals surface area contributed by atoms with Crippen LogP contribution in [0, 0.1) is 6.92 Å². The second-order valence-corrected chi connectivity index (χ2v) is 5.68. The van der Waals surface area contributed by atoms with Gasteiger partial charge in [-0.15, -0.1) is 0 Å². The Morgan fingerprint density at radius 1 is 1.13 bits per heavy atom. The molecule has 3 rings (SSSR count). The van der Waals surface area contributed by atoms with E-state index in [1.807, 2.05) is 0 Å². The van der Waals surface area contributed by atoms with Crippen LogP contribution in [-0.2, 0) is 18.8 Å². The molecule has 3 heterocycles. The van der Waals surface area contributed by atoms with Crippen molar-refractivity contribution < 1.29 is 20.1 Å². The summed E-state index contributed by atoms with van der Waals surface area (Å²) in [5.41, 5.74) is -0.861. The van der Waals surface area contributed by atoms with Gasteiger partial charge in [-0.1, -0.05) is 0 Å². The van der Waals surface area contributed by atoms with Gasteiger partial charge < -0.3 is 20.1 Å². The Balaban J connectivity index is 2.29. The number of fused-ring (bicyclic) bond motifs is 1. The number of rotatable bonds is 1. The number of nitrogens with zero attached hydrogens (tertiary/aromatic N) is 4. The number of ether oxygens (including phenoxy) is 1. The van der Waals surface area contributed by atoms with Gasteiger partial charge in [-0.3, -0.25) is 18.5 Å². The molecule has 3 N–H and O–H groups in total. The molecule has 0 amide bonds. The van der Waals surface area contributed by atoms with Crippen molar-refractivity contribution in [2.75, 3.05) is 6.61 Å². The number of hydrogen-bond acceptors (Lipinski definition) is 7. The third kappa shape index (κ3) is 2.14. The molecule has 10 nitrogen and oxygen atoms in total. The van der Waals surface area contributed by atoms with E-state index >= 15 is 0 Å². The van der Waals surface area contributed by atoms with Gasteiger partial charge in [-0.2, -0.15) is 0 Å². The van der Waals surface area contributed by atoms with E-state index in [-0.39, 0.29) is 17.8 Å². The Bertz CT molecular complexity index is 881. The molecule has 0 aromatic carbocycles. The van der Waals surface area contributed by atoms with E-state index in [0.29, 0.717) is 5.82 Å². The van der Waals surface area contributed by atoms with Crippen LogP contribution in [0.2, 0.25) is 0 Å². The average Bonchev–Trinajstić information content (AvgIpc) is 2.86. The summed E-state index contributed by atoms with van der Waals surface area (Å²) in [4.78, 5) is 28.7. The van der Waals surface area contributed by atoms with Crippen LogP contribution >= 0.6 is 0 Å². The minimum atomic E-state index is -1.45. The van der Waals surface area contributed by atoms with E-state index in [1.165, 1.54) is 23.2 Å². The van der Waals surface area contributed by atoms with Crippen molar-refractivity contribution in [1.29, 1.82) is 0 Å². The zero-order chi connectivity index (χ0) is 17.0. The first-order valence-electron chi connectivity index (χ1n) is 7.06. The predicted molar refractivity (Wildman–Crippen MR) is 78.0 cm³/mol. The normalized spacial score (nSPS) is 28.4. The maximum atomic E-state index is 12.5. The lowest BCUT2D eigenvalue weighted by molar-refractivity contribution is -0.210. The van der Waals surface area contributed by atoms with Gasteiger partial charge in [0.05, 0.1) is 6.61 Å². The van der Waals surface area contributed by atoms with E-state index in [1.54, 1.807) is 6.92 Å². The molecular weight excluding hydrogens is 308 g/mol. The van der Waals surface area contributed by atoms with Crippen LogP contribution in [0.15, 0.2) is 9.59 Å². The zero-order valence-corrected chi connectivity index (χ0v) is 12.9. The molecule has 0 spiro atoms. The van der Waals surface area contributed by atoms with E-state index < -0.39 is 35.8 Å². The molecule has 1 fully saturated rings. The molecule has 2 aromatic rings.